The number of hydrogen-bond acceptors (Lipinski definition) is 5. The van der Waals surface area contributed by atoms with E-state index in [2.05, 4.69) is 5.32 Å². The van der Waals surface area contributed by atoms with Crippen molar-refractivity contribution >= 4 is 55.7 Å². The minimum Gasteiger partial charge on any atom is -0.326 e. The fourth-order valence-corrected chi connectivity index (χ4v) is 6.48. The van der Waals surface area contributed by atoms with E-state index < -0.39 is 15.3 Å². The summed E-state index contributed by atoms with van der Waals surface area (Å²) in [6, 6.07) is 11.1. The Kier molecular flexibility index (Phi) is 6.13. The number of nitrogens with one attached hydrogen (secondary N) is 1. The summed E-state index contributed by atoms with van der Waals surface area (Å²) in [7, 11) is -3.08. The fourth-order valence-electron chi connectivity index (χ4n) is 5.31. The average Bonchev–Trinajstić information content (AvgIpc) is 3.22. The summed E-state index contributed by atoms with van der Waals surface area (Å²) in [6.07, 6.45) is 3.08. The first kappa shape index (κ1) is 23.6. The molecule has 1 amide bonds. The molecular weight excluding hydrogens is 495 g/mol. The molecule has 0 radical (unpaired) electrons. The van der Waals surface area contributed by atoms with Gasteiger partial charge in [-0.3, -0.25) is 4.79 Å². The van der Waals surface area contributed by atoms with Crippen molar-refractivity contribution < 1.29 is 13.2 Å². The Hall–Kier alpha value is -2.13. The van der Waals surface area contributed by atoms with Crippen LogP contribution < -0.4 is 10.2 Å². The van der Waals surface area contributed by atoms with E-state index in [1.165, 1.54) is 6.26 Å². The van der Waals surface area contributed by atoms with Crippen molar-refractivity contribution in [2.45, 2.75) is 37.8 Å². The largest absolute Gasteiger partial charge is 0.326 e. The Morgan fingerprint density at radius 2 is 1.91 bits per heavy atom. The van der Waals surface area contributed by atoms with Crippen LogP contribution in [0.1, 0.15) is 30.7 Å². The molecule has 1 fully saturated rings. The summed E-state index contributed by atoms with van der Waals surface area (Å²) in [4.78, 5) is 20.5. The second kappa shape index (κ2) is 8.82. The molecule has 1 spiro atoms. The number of fused-ring (bicyclic) bond motifs is 3. The monoisotopic (exact) mass is 520 g/mol. The number of sulfone groups is 1. The molecule has 5 rings (SSSR count). The molecule has 1 saturated heterocycles. The zero-order valence-electron chi connectivity index (χ0n) is 18.9. The minimum absolute atomic E-state index is 0.0462. The van der Waals surface area contributed by atoms with Crippen LogP contribution in [0.25, 0.3) is 11.0 Å². The van der Waals surface area contributed by atoms with Gasteiger partial charge in [0.25, 0.3) is 0 Å². The molecule has 3 aromatic rings. The predicted octanol–water partition coefficient (Wildman–Crippen LogP) is 3.95. The molecule has 2 aliphatic heterocycles. The third-order valence-electron chi connectivity index (χ3n) is 6.86. The molecule has 34 heavy (non-hydrogen) atoms. The summed E-state index contributed by atoms with van der Waals surface area (Å²) in [5, 5.41) is 4.53. The lowest BCUT2D eigenvalue weighted by Gasteiger charge is -2.33. The summed E-state index contributed by atoms with van der Waals surface area (Å²) in [5.41, 5.74) is 2.69. The van der Waals surface area contributed by atoms with Crippen molar-refractivity contribution in [1.82, 2.24) is 14.9 Å². The van der Waals surface area contributed by atoms with Gasteiger partial charge in [-0.1, -0.05) is 29.3 Å². The number of amides is 1. The van der Waals surface area contributed by atoms with Crippen LogP contribution in [-0.4, -0.2) is 49.0 Å². The number of piperidine rings is 1. The number of halogens is 2. The topological polar surface area (TPSA) is 84.3 Å². The third kappa shape index (κ3) is 4.11. The molecule has 1 aromatic heterocycles. The standard InChI is InChI=1S/C24H26Cl2N4O3S/c1-34(32,33)13-3-12-29-19-7-6-16(25)14-18(19)28-21(29)15-30-20-5-2-4-17(26)22(20)24(23(30)31)8-10-27-11-9-24/h2,4-7,14,27H,3,8-13,15H2,1H3. The van der Waals surface area contributed by atoms with Crippen LogP contribution in [0.5, 0.6) is 0 Å². The van der Waals surface area contributed by atoms with Gasteiger partial charge in [0.1, 0.15) is 15.7 Å². The SMILES string of the molecule is CS(=O)(=O)CCCn1c(CN2C(=O)C3(CCNCC3)c3c(Cl)cccc32)nc2cc(Cl)ccc21. The first-order valence-electron chi connectivity index (χ1n) is 11.3. The number of nitrogens with zero attached hydrogens (tertiary/aromatic N) is 3. The van der Waals surface area contributed by atoms with Gasteiger partial charge in [0.15, 0.2) is 0 Å². The Morgan fingerprint density at radius 3 is 2.65 bits per heavy atom. The lowest BCUT2D eigenvalue weighted by atomic mass is 9.74. The first-order chi connectivity index (χ1) is 16.2. The zero-order chi connectivity index (χ0) is 24.1. The Balaban J connectivity index is 1.56. The van der Waals surface area contributed by atoms with E-state index in [0.717, 1.165) is 35.4 Å². The van der Waals surface area contributed by atoms with E-state index in [0.29, 0.717) is 41.7 Å². The molecule has 0 atom stereocenters. The third-order valence-corrected chi connectivity index (χ3v) is 8.44. The Bertz CT molecular complexity index is 1380. The zero-order valence-corrected chi connectivity index (χ0v) is 21.2. The number of carbonyl (C=O) groups excluding carboxylic acids is 1. The maximum atomic E-state index is 13.9. The molecule has 3 heterocycles. The van der Waals surface area contributed by atoms with Crippen LogP contribution in [0.2, 0.25) is 10.0 Å². The van der Waals surface area contributed by atoms with Crippen LogP contribution in [0.15, 0.2) is 36.4 Å². The highest BCUT2D eigenvalue weighted by atomic mass is 35.5. The van der Waals surface area contributed by atoms with Gasteiger partial charge in [0.2, 0.25) is 5.91 Å². The van der Waals surface area contributed by atoms with E-state index in [1.807, 2.05) is 28.8 Å². The second-order valence-electron chi connectivity index (χ2n) is 9.15. The molecule has 0 saturated carbocycles. The maximum absolute atomic E-state index is 13.9. The number of anilines is 1. The van der Waals surface area contributed by atoms with Gasteiger partial charge in [-0.2, -0.15) is 0 Å². The maximum Gasteiger partial charge on any atom is 0.238 e. The number of benzene rings is 2. The molecule has 1 N–H and O–H groups in total. The summed E-state index contributed by atoms with van der Waals surface area (Å²) >= 11 is 12.9. The Labute approximate surface area is 209 Å². The van der Waals surface area contributed by atoms with Crippen LogP contribution in [0.4, 0.5) is 5.69 Å². The summed E-state index contributed by atoms with van der Waals surface area (Å²) in [5.74, 6) is 0.817. The molecule has 2 aliphatic rings. The molecule has 0 unspecified atom stereocenters. The minimum atomic E-state index is -3.08. The number of imidazole rings is 1. The van der Waals surface area contributed by atoms with Gasteiger partial charge in [0, 0.05) is 34.1 Å². The fraction of sp³-hybridized carbons (Fsp3) is 0.417. The molecule has 7 nitrogen and oxygen atoms in total. The van der Waals surface area contributed by atoms with Gasteiger partial charge in [0.05, 0.1) is 28.7 Å². The normalized spacial score (nSPS) is 17.6. The van der Waals surface area contributed by atoms with Gasteiger partial charge < -0.3 is 14.8 Å². The lowest BCUT2D eigenvalue weighted by Crippen LogP contribution is -2.47. The van der Waals surface area contributed by atoms with Gasteiger partial charge in [-0.05, 0) is 62.7 Å². The molecule has 0 aliphatic carbocycles. The van der Waals surface area contributed by atoms with Crippen LogP contribution >= 0.6 is 23.2 Å². The van der Waals surface area contributed by atoms with Crippen molar-refractivity contribution in [3.8, 4) is 0 Å². The van der Waals surface area contributed by atoms with Crippen LogP contribution in [-0.2, 0) is 33.1 Å². The Morgan fingerprint density at radius 1 is 1.15 bits per heavy atom. The number of aromatic nitrogens is 2. The van der Waals surface area contributed by atoms with Gasteiger partial charge in [-0.15, -0.1) is 0 Å². The number of hydrogen-bond donors (Lipinski definition) is 1. The summed E-state index contributed by atoms with van der Waals surface area (Å²) in [6.45, 7) is 2.26. The highest BCUT2D eigenvalue weighted by Gasteiger charge is 2.52. The van der Waals surface area contributed by atoms with E-state index in [-0.39, 0.29) is 18.2 Å². The summed E-state index contributed by atoms with van der Waals surface area (Å²) < 4.78 is 25.4. The molecule has 10 heteroatoms. The number of rotatable bonds is 6. The van der Waals surface area contributed by atoms with Crippen molar-refractivity contribution in [3.05, 3.63) is 57.8 Å². The average molecular weight is 521 g/mol. The van der Waals surface area contributed by atoms with Crippen molar-refractivity contribution in [2.75, 3.05) is 30.0 Å². The number of carbonyl (C=O) groups is 1. The van der Waals surface area contributed by atoms with E-state index in [1.54, 1.807) is 17.0 Å². The highest BCUT2D eigenvalue weighted by molar-refractivity contribution is 7.90. The first-order valence-corrected chi connectivity index (χ1v) is 14.2. The van der Waals surface area contributed by atoms with Gasteiger partial charge >= 0.3 is 0 Å². The van der Waals surface area contributed by atoms with Crippen molar-refractivity contribution in [1.29, 1.82) is 0 Å². The van der Waals surface area contributed by atoms with Crippen molar-refractivity contribution in [3.63, 3.8) is 0 Å². The van der Waals surface area contributed by atoms with Crippen LogP contribution in [0, 0.1) is 0 Å². The molecule has 2 aromatic carbocycles. The second-order valence-corrected chi connectivity index (χ2v) is 12.3. The highest BCUT2D eigenvalue weighted by Crippen LogP contribution is 2.50. The van der Waals surface area contributed by atoms with E-state index in [4.69, 9.17) is 28.2 Å². The van der Waals surface area contributed by atoms with E-state index in [9.17, 15) is 13.2 Å². The smallest absolute Gasteiger partial charge is 0.238 e. The van der Waals surface area contributed by atoms with Gasteiger partial charge in [-0.25, -0.2) is 13.4 Å². The molecular formula is C24H26Cl2N4O3S. The van der Waals surface area contributed by atoms with Crippen molar-refractivity contribution in [2.24, 2.45) is 0 Å². The lowest BCUT2D eigenvalue weighted by molar-refractivity contribution is -0.124. The molecule has 0 bridgehead atoms. The molecule has 180 valence electrons. The number of aryl methyl sites for hydroxylation is 1. The quantitative estimate of drug-likeness (QED) is 0.531. The van der Waals surface area contributed by atoms with E-state index >= 15 is 0 Å². The van der Waals surface area contributed by atoms with Crippen LogP contribution in [0.3, 0.4) is 0 Å². The predicted molar refractivity (Wildman–Crippen MR) is 135 cm³/mol.